The van der Waals surface area contributed by atoms with Crippen molar-refractivity contribution >= 4 is 17.1 Å². The minimum Gasteiger partial charge on any atom is -0.379 e. The van der Waals surface area contributed by atoms with E-state index in [1.54, 1.807) is 0 Å². The van der Waals surface area contributed by atoms with Gasteiger partial charge in [-0.1, -0.05) is 30.3 Å². The van der Waals surface area contributed by atoms with Gasteiger partial charge >= 0.3 is 0 Å². The van der Waals surface area contributed by atoms with Gasteiger partial charge < -0.3 is 10.2 Å². The molecule has 150 valence electrons. The van der Waals surface area contributed by atoms with Crippen LogP contribution in [0, 0.1) is 20.2 Å². The minimum atomic E-state index is -0.636. The van der Waals surface area contributed by atoms with Crippen molar-refractivity contribution in [3.05, 3.63) is 74.3 Å². The van der Waals surface area contributed by atoms with Crippen LogP contribution in [0.25, 0.3) is 0 Å². The van der Waals surface area contributed by atoms with Crippen molar-refractivity contribution in [1.29, 1.82) is 0 Å². The summed E-state index contributed by atoms with van der Waals surface area (Å²) in [5.41, 5.74) is 1.06. The van der Waals surface area contributed by atoms with E-state index in [4.69, 9.17) is 0 Å². The molecule has 0 amide bonds. The van der Waals surface area contributed by atoms with Crippen LogP contribution in [0.15, 0.2) is 48.5 Å². The first-order valence-electron chi connectivity index (χ1n) is 9.29. The second-order valence-electron chi connectivity index (χ2n) is 6.87. The molecule has 0 spiro atoms. The summed E-state index contributed by atoms with van der Waals surface area (Å²) in [6.45, 7) is 3.70. The summed E-state index contributed by atoms with van der Waals surface area (Å²) in [5.74, 6) is 0. The third-order valence-corrected chi connectivity index (χ3v) is 4.77. The molecule has 0 aliphatic heterocycles. The maximum absolute atomic E-state index is 11.1. The number of unbranched alkanes of at least 4 members (excludes halogenated alkanes) is 1. The van der Waals surface area contributed by atoms with Gasteiger partial charge in [0.05, 0.1) is 15.9 Å². The molecule has 1 N–H and O–H groups in total. The van der Waals surface area contributed by atoms with Crippen molar-refractivity contribution in [1.82, 2.24) is 4.90 Å². The van der Waals surface area contributed by atoms with Gasteiger partial charge in [-0.05, 0) is 51.4 Å². The minimum absolute atomic E-state index is 0.275. The van der Waals surface area contributed by atoms with Crippen LogP contribution in [0.2, 0.25) is 0 Å². The lowest BCUT2D eigenvalue weighted by Gasteiger charge is -2.24. The van der Waals surface area contributed by atoms with Gasteiger partial charge in [-0.25, -0.2) is 0 Å². The zero-order valence-electron chi connectivity index (χ0n) is 16.2. The Hall–Kier alpha value is -3.00. The van der Waals surface area contributed by atoms with E-state index in [0.29, 0.717) is 18.3 Å². The van der Waals surface area contributed by atoms with Crippen LogP contribution in [0.5, 0.6) is 0 Å². The van der Waals surface area contributed by atoms with Crippen molar-refractivity contribution in [2.75, 3.05) is 25.5 Å². The molecule has 0 fully saturated rings. The fourth-order valence-electron chi connectivity index (χ4n) is 2.97. The topological polar surface area (TPSA) is 102 Å². The maximum Gasteiger partial charge on any atom is 0.299 e. The van der Waals surface area contributed by atoms with E-state index in [0.717, 1.165) is 31.9 Å². The predicted octanol–water partition coefficient (Wildman–Crippen LogP) is 4.26. The lowest BCUT2D eigenvalue weighted by atomic mass is 10.1. The molecule has 1 unspecified atom stereocenters. The quantitative estimate of drug-likeness (QED) is 0.352. The Morgan fingerprint density at radius 1 is 1.04 bits per heavy atom. The lowest BCUT2D eigenvalue weighted by Crippen LogP contribution is -2.31. The smallest absolute Gasteiger partial charge is 0.299 e. The highest BCUT2D eigenvalue weighted by molar-refractivity contribution is 5.65. The van der Waals surface area contributed by atoms with Crippen LogP contribution in [0.4, 0.5) is 17.1 Å². The number of anilines is 1. The Morgan fingerprint density at radius 2 is 1.75 bits per heavy atom. The summed E-state index contributed by atoms with van der Waals surface area (Å²) in [4.78, 5) is 23.0. The van der Waals surface area contributed by atoms with Crippen LogP contribution in [-0.2, 0) is 6.42 Å². The summed E-state index contributed by atoms with van der Waals surface area (Å²) in [6.07, 6.45) is 2.78. The second kappa shape index (κ2) is 10.4. The highest BCUT2D eigenvalue weighted by Crippen LogP contribution is 2.28. The van der Waals surface area contributed by atoms with E-state index in [1.807, 2.05) is 18.2 Å². The third-order valence-electron chi connectivity index (χ3n) is 4.77. The lowest BCUT2D eigenvalue weighted by molar-refractivity contribution is -0.393. The molecule has 0 bridgehead atoms. The molecule has 0 aliphatic rings. The van der Waals surface area contributed by atoms with Crippen molar-refractivity contribution < 1.29 is 9.85 Å². The molecule has 28 heavy (non-hydrogen) atoms. The monoisotopic (exact) mass is 386 g/mol. The molecular weight excluding hydrogens is 360 g/mol. The molecule has 0 radical (unpaired) electrons. The molecule has 0 heterocycles. The molecule has 2 rings (SSSR count). The molecular formula is C20H26N4O4. The number of nitrogens with one attached hydrogen (secondary N) is 1. The average molecular weight is 386 g/mol. The van der Waals surface area contributed by atoms with Gasteiger partial charge in [0.25, 0.3) is 11.4 Å². The largest absolute Gasteiger partial charge is 0.379 e. The molecule has 8 nitrogen and oxygen atoms in total. The molecule has 0 aliphatic carbocycles. The van der Waals surface area contributed by atoms with E-state index >= 15 is 0 Å². The normalized spacial score (nSPS) is 12.0. The van der Waals surface area contributed by atoms with Gasteiger partial charge in [0, 0.05) is 18.7 Å². The number of benzene rings is 2. The highest BCUT2D eigenvalue weighted by Gasteiger charge is 2.19. The Labute approximate surface area is 164 Å². The maximum atomic E-state index is 11.1. The fraction of sp³-hybridized carbons (Fsp3) is 0.400. The molecule has 2 aromatic rings. The number of nitrogens with zero attached hydrogens (tertiary/aromatic N) is 3. The standard InChI is InChI=1S/C20H26N4O4/c1-16(14-17-8-4-3-5-9-17)22(2)13-7-6-12-21-19-11-10-18(23(25)26)15-20(19)24(27)28/h3-5,8-11,15-16,21H,6-7,12-14H2,1-2H3. The third kappa shape index (κ3) is 6.31. The molecule has 0 saturated heterocycles. The first-order valence-corrected chi connectivity index (χ1v) is 9.29. The molecule has 2 aromatic carbocycles. The zero-order chi connectivity index (χ0) is 20.5. The van der Waals surface area contributed by atoms with E-state index in [2.05, 4.69) is 36.3 Å². The van der Waals surface area contributed by atoms with E-state index in [1.165, 1.54) is 17.7 Å². The van der Waals surface area contributed by atoms with Crippen LogP contribution in [0.3, 0.4) is 0 Å². The first-order chi connectivity index (χ1) is 13.4. The summed E-state index contributed by atoms with van der Waals surface area (Å²) in [7, 11) is 2.10. The second-order valence-corrected chi connectivity index (χ2v) is 6.87. The van der Waals surface area contributed by atoms with E-state index in [-0.39, 0.29) is 11.4 Å². The van der Waals surface area contributed by atoms with Crippen LogP contribution >= 0.6 is 0 Å². The molecule has 8 heteroatoms. The van der Waals surface area contributed by atoms with Crippen LogP contribution in [0.1, 0.15) is 25.3 Å². The zero-order valence-corrected chi connectivity index (χ0v) is 16.2. The Kier molecular flexibility index (Phi) is 7.88. The number of hydrogen-bond donors (Lipinski definition) is 1. The van der Waals surface area contributed by atoms with Gasteiger partial charge in [-0.15, -0.1) is 0 Å². The van der Waals surface area contributed by atoms with E-state index in [9.17, 15) is 20.2 Å². The average Bonchev–Trinajstić information content (AvgIpc) is 2.68. The number of nitro groups is 2. The van der Waals surface area contributed by atoms with Crippen molar-refractivity contribution in [2.45, 2.75) is 32.2 Å². The fourth-order valence-corrected chi connectivity index (χ4v) is 2.97. The summed E-state index contributed by atoms with van der Waals surface area (Å²) in [6, 6.07) is 14.4. The number of rotatable bonds is 11. The van der Waals surface area contributed by atoms with Crippen molar-refractivity contribution in [3.8, 4) is 0 Å². The number of non-ortho nitro benzene ring substituents is 1. The summed E-state index contributed by atoms with van der Waals surface area (Å²) >= 11 is 0. The van der Waals surface area contributed by atoms with Crippen LogP contribution in [-0.4, -0.2) is 40.9 Å². The SMILES string of the molecule is CC(Cc1ccccc1)N(C)CCCCNc1ccc([N+](=O)[O-])cc1[N+](=O)[O-]. The summed E-state index contributed by atoms with van der Waals surface area (Å²) in [5, 5.41) is 24.9. The van der Waals surface area contributed by atoms with Crippen molar-refractivity contribution in [3.63, 3.8) is 0 Å². The summed E-state index contributed by atoms with van der Waals surface area (Å²) < 4.78 is 0. The first kappa shape index (κ1) is 21.3. The number of nitro benzene ring substituents is 2. The number of likely N-dealkylation sites (N-methyl/N-ethyl adjacent to an activating group) is 1. The predicted molar refractivity (Wildman–Crippen MR) is 110 cm³/mol. The van der Waals surface area contributed by atoms with Crippen LogP contribution < -0.4 is 5.32 Å². The van der Waals surface area contributed by atoms with Crippen molar-refractivity contribution in [2.24, 2.45) is 0 Å². The molecule has 0 saturated carbocycles. The Morgan fingerprint density at radius 3 is 2.39 bits per heavy atom. The Balaban J connectivity index is 1.76. The Bertz CT molecular complexity index is 798. The molecule has 1 atom stereocenters. The van der Waals surface area contributed by atoms with Gasteiger partial charge in [0.1, 0.15) is 5.69 Å². The highest BCUT2D eigenvalue weighted by atomic mass is 16.6. The van der Waals surface area contributed by atoms with Gasteiger partial charge in [-0.2, -0.15) is 0 Å². The number of hydrogen-bond acceptors (Lipinski definition) is 6. The van der Waals surface area contributed by atoms with E-state index < -0.39 is 9.85 Å². The van der Waals surface area contributed by atoms with Gasteiger partial charge in [-0.3, -0.25) is 20.2 Å². The van der Waals surface area contributed by atoms with Gasteiger partial charge in [0.2, 0.25) is 0 Å². The van der Waals surface area contributed by atoms with Gasteiger partial charge in [0.15, 0.2) is 0 Å². The molecule has 0 aromatic heterocycles.